The van der Waals surface area contributed by atoms with Crippen LogP contribution in [0.4, 0.5) is 10.2 Å². The molecule has 0 spiro atoms. The van der Waals surface area contributed by atoms with Crippen molar-refractivity contribution in [3.05, 3.63) is 65.9 Å². The third-order valence-electron chi connectivity index (χ3n) is 6.30. The number of nitrogens with zero attached hydrogens (tertiary/aromatic N) is 6. The van der Waals surface area contributed by atoms with Gasteiger partial charge in [0.15, 0.2) is 5.82 Å². The molecule has 1 aliphatic carbocycles. The third kappa shape index (κ3) is 3.03. The van der Waals surface area contributed by atoms with Crippen molar-refractivity contribution < 1.29 is 9.18 Å². The number of aryl methyl sites for hydroxylation is 1. The molecule has 2 fully saturated rings. The number of halogens is 1. The summed E-state index contributed by atoms with van der Waals surface area (Å²) in [4.78, 5) is 23.3. The molecule has 2 aliphatic rings. The third-order valence-corrected chi connectivity index (χ3v) is 6.30. The number of carbonyl (C=O) groups is 1. The average molecular weight is 406 g/mol. The number of hydrogen-bond donors (Lipinski definition) is 0. The van der Waals surface area contributed by atoms with Crippen LogP contribution in [-0.4, -0.2) is 56.5 Å². The molecule has 5 rings (SSSR count). The Morgan fingerprint density at radius 3 is 2.67 bits per heavy atom. The molecule has 2 bridgehead atoms. The van der Waals surface area contributed by atoms with E-state index < -0.39 is 5.82 Å². The van der Waals surface area contributed by atoms with Crippen LogP contribution in [0.25, 0.3) is 5.69 Å². The van der Waals surface area contributed by atoms with Crippen molar-refractivity contribution in [2.45, 2.75) is 31.8 Å². The van der Waals surface area contributed by atoms with E-state index in [2.05, 4.69) is 20.1 Å². The SMILES string of the molecule is Cc1ccc(N(C)C2CC3CC2N(C(=O)c2cccc(F)c2-n2nccn2)C3)nc1. The van der Waals surface area contributed by atoms with Gasteiger partial charge in [0.1, 0.15) is 11.5 Å². The Morgan fingerprint density at radius 2 is 1.97 bits per heavy atom. The van der Waals surface area contributed by atoms with Crippen LogP contribution in [0.15, 0.2) is 48.9 Å². The van der Waals surface area contributed by atoms with Crippen molar-refractivity contribution in [2.75, 3.05) is 18.5 Å². The molecule has 1 saturated heterocycles. The van der Waals surface area contributed by atoms with Crippen molar-refractivity contribution >= 4 is 11.7 Å². The predicted octanol–water partition coefficient (Wildman–Crippen LogP) is 2.85. The predicted molar refractivity (Wildman–Crippen MR) is 110 cm³/mol. The lowest BCUT2D eigenvalue weighted by molar-refractivity contribution is 0.0682. The Hall–Kier alpha value is -3.29. The first-order valence-corrected chi connectivity index (χ1v) is 10.1. The molecule has 0 N–H and O–H groups in total. The molecule has 154 valence electrons. The van der Waals surface area contributed by atoms with Gasteiger partial charge in [0.2, 0.25) is 0 Å². The first-order valence-electron chi connectivity index (χ1n) is 10.1. The van der Waals surface area contributed by atoms with Gasteiger partial charge < -0.3 is 9.80 Å². The van der Waals surface area contributed by atoms with E-state index >= 15 is 0 Å². The summed E-state index contributed by atoms with van der Waals surface area (Å²) in [5, 5.41) is 8.07. The molecule has 1 amide bonds. The molecule has 7 nitrogen and oxygen atoms in total. The summed E-state index contributed by atoms with van der Waals surface area (Å²) in [6.07, 6.45) is 6.78. The molecule has 3 heterocycles. The minimum absolute atomic E-state index is 0.0669. The minimum Gasteiger partial charge on any atom is -0.355 e. The number of para-hydroxylation sites is 1. The molecule has 1 aliphatic heterocycles. The number of likely N-dealkylation sites (N-methyl/N-ethyl adjacent to an activating group) is 1. The number of carbonyl (C=O) groups excluding carboxylic acids is 1. The molecule has 30 heavy (non-hydrogen) atoms. The molecule has 0 radical (unpaired) electrons. The maximum absolute atomic E-state index is 14.6. The van der Waals surface area contributed by atoms with Crippen LogP contribution in [0, 0.1) is 18.7 Å². The molecular weight excluding hydrogens is 383 g/mol. The maximum atomic E-state index is 14.6. The van der Waals surface area contributed by atoms with Crippen molar-refractivity contribution in [1.82, 2.24) is 24.9 Å². The number of aromatic nitrogens is 4. The fraction of sp³-hybridized carbons (Fsp3) is 0.364. The monoisotopic (exact) mass is 406 g/mol. The zero-order valence-corrected chi connectivity index (χ0v) is 16.9. The summed E-state index contributed by atoms with van der Waals surface area (Å²) in [6.45, 7) is 2.71. The zero-order valence-electron chi connectivity index (χ0n) is 16.9. The topological polar surface area (TPSA) is 67.2 Å². The Morgan fingerprint density at radius 1 is 1.17 bits per heavy atom. The fourth-order valence-corrected chi connectivity index (χ4v) is 4.86. The van der Waals surface area contributed by atoms with Gasteiger partial charge in [-0.2, -0.15) is 10.2 Å². The van der Waals surface area contributed by atoms with E-state index in [0.717, 1.165) is 24.2 Å². The van der Waals surface area contributed by atoms with Crippen LogP contribution in [0.2, 0.25) is 0 Å². The molecule has 2 aromatic heterocycles. The van der Waals surface area contributed by atoms with E-state index in [1.807, 2.05) is 37.2 Å². The van der Waals surface area contributed by atoms with Gasteiger partial charge >= 0.3 is 0 Å². The number of hydrogen-bond acceptors (Lipinski definition) is 5. The Labute approximate surface area is 174 Å². The summed E-state index contributed by atoms with van der Waals surface area (Å²) in [5.74, 6) is 0.651. The van der Waals surface area contributed by atoms with E-state index in [4.69, 9.17) is 0 Å². The van der Waals surface area contributed by atoms with Gasteiger partial charge in [-0.1, -0.05) is 12.1 Å². The second kappa shape index (κ2) is 7.19. The normalized spacial score (nSPS) is 22.5. The second-order valence-corrected chi connectivity index (χ2v) is 8.19. The number of likely N-dealkylation sites (tertiary alicyclic amines) is 1. The van der Waals surface area contributed by atoms with E-state index in [1.54, 1.807) is 12.1 Å². The lowest BCUT2D eigenvalue weighted by Crippen LogP contribution is -2.51. The fourth-order valence-electron chi connectivity index (χ4n) is 4.86. The van der Waals surface area contributed by atoms with Crippen molar-refractivity contribution in [2.24, 2.45) is 5.92 Å². The molecular formula is C22H23FN6O. The lowest BCUT2D eigenvalue weighted by Gasteiger charge is -2.39. The molecule has 8 heteroatoms. The standard InChI is InChI=1S/C22H23FN6O/c1-14-6-7-20(24-12-14)27(2)18-10-15-11-19(18)28(13-15)22(30)16-4-3-5-17(23)21(16)29-25-8-9-26-29/h3-9,12,15,18-19H,10-11,13H2,1-2H3. The lowest BCUT2D eigenvalue weighted by atomic mass is 10.0. The van der Waals surface area contributed by atoms with Crippen LogP contribution in [-0.2, 0) is 0 Å². The average Bonchev–Trinajstić information content (AvgIpc) is 3.50. The summed E-state index contributed by atoms with van der Waals surface area (Å²) < 4.78 is 14.6. The quantitative estimate of drug-likeness (QED) is 0.667. The maximum Gasteiger partial charge on any atom is 0.256 e. The van der Waals surface area contributed by atoms with Crippen LogP contribution < -0.4 is 4.90 Å². The molecule has 1 saturated carbocycles. The van der Waals surface area contributed by atoms with Crippen LogP contribution in [0.3, 0.4) is 0 Å². The number of amides is 1. The summed E-state index contributed by atoms with van der Waals surface area (Å²) >= 11 is 0. The van der Waals surface area contributed by atoms with Crippen LogP contribution >= 0.6 is 0 Å². The highest BCUT2D eigenvalue weighted by atomic mass is 19.1. The largest absolute Gasteiger partial charge is 0.355 e. The highest BCUT2D eigenvalue weighted by Gasteiger charge is 2.49. The van der Waals surface area contributed by atoms with Gasteiger partial charge in [-0.05, 0) is 49.4 Å². The first-order chi connectivity index (χ1) is 14.5. The van der Waals surface area contributed by atoms with Gasteiger partial charge in [-0.3, -0.25) is 4.79 Å². The number of fused-ring (bicyclic) bond motifs is 2. The van der Waals surface area contributed by atoms with Crippen molar-refractivity contribution in [3.63, 3.8) is 0 Å². The van der Waals surface area contributed by atoms with Crippen LogP contribution in [0.5, 0.6) is 0 Å². The highest BCUT2D eigenvalue weighted by molar-refractivity contribution is 5.98. The molecule has 3 atom stereocenters. The summed E-state index contributed by atoms with van der Waals surface area (Å²) in [6, 6.07) is 8.85. The van der Waals surface area contributed by atoms with Gasteiger partial charge in [-0.25, -0.2) is 9.37 Å². The second-order valence-electron chi connectivity index (χ2n) is 8.19. The van der Waals surface area contributed by atoms with E-state index in [0.29, 0.717) is 12.5 Å². The van der Waals surface area contributed by atoms with Crippen molar-refractivity contribution in [3.8, 4) is 5.69 Å². The van der Waals surface area contributed by atoms with Crippen LogP contribution in [0.1, 0.15) is 28.8 Å². The Kier molecular flexibility index (Phi) is 4.49. The number of benzene rings is 1. The highest BCUT2D eigenvalue weighted by Crippen LogP contribution is 2.42. The Bertz CT molecular complexity index is 1070. The summed E-state index contributed by atoms with van der Waals surface area (Å²) in [5.41, 5.74) is 1.50. The number of pyridine rings is 1. The molecule has 3 aromatic rings. The number of piperidine rings is 1. The van der Waals surface area contributed by atoms with Gasteiger partial charge in [0, 0.05) is 19.8 Å². The first kappa shape index (κ1) is 18.7. The summed E-state index contributed by atoms with van der Waals surface area (Å²) in [7, 11) is 2.03. The van der Waals surface area contributed by atoms with Gasteiger partial charge in [0.05, 0.1) is 30.0 Å². The van der Waals surface area contributed by atoms with E-state index in [-0.39, 0.29) is 29.2 Å². The number of anilines is 1. The zero-order chi connectivity index (χ0) is 20.8. The minimum atomic E-state index is -0.515. The van der Waals surface area contributed by atoms with E-state index in [1.165, 1.54) is 23.3 Å². The van der Waals surface area contributed by atoms with Gasteiger partial charge in [-0.15, -0.1) is 4.80 Å². The smallest absolute Gasteiger partial charge is 0.256 e. The van der Waals surface area contributed by atoms with Crippen molar-refractivity contribution in [1.29, 1.82) is 0 Å². The Balaban J connectivity index is 1.44. The number of rotatable bonds is 4. The molecule has 1 aromatic carbocycles. The van der Waals surface area contributed by atoms with Gasteiger partial charge in [0.25, 0.3) is 5.91 Å². The molecule has 3 unspecified atom stereocenters. The van der Waals surface area contributed by atoms with E-state index in [9.17, 15) is 9.18 Å².